The summed E-state index contributed by atoms with van der Waals surface area (Å²) in [5.74, 6) is -0.517. The molecule has 0 saturated carbocycles. The molecule has 3 aromatic rings. The second-order valence-electron chi connectivity index (χ2n) is 13.7. The molecule has 0 radical (unpaired) electrons. The normalized spacial score (nSPS) is 20.3. The molecule has 0 aromatic heterocycles. The predicted octanol–water partition coefficient (Wildman–Crippen LogP) is 4.96. The molecule has 3 aromatic carbocycles. The number of fused-ring (bicyclic) bond motifs is 1. The molecule has 0 spiro atoms. The molecule has 13 heteroatoms. The van der Waals surface area contributed by atoms with Crippen molar-refractivity contribution in [3.63, 3.8) is 0 Å². The third-order valence-corrected chi connectivity index (χ3v) is 10.7. The Labute approximate surface area is 294 Å². The molecule has 10 nitrogen and oxygen atoms in total. The number of nitrogens with one attached hydrogen (secondary N) is 2. The second kappa shape index (κ2) is 14.3. The van der Waals surface area contributed by atoms with E-state index in [2.05, 4.69) is 50.8 Å². The molecule has 7 rings (SSSR count). The fourth-order valence-electron chi connectivity index (χ4n) is 7.75. The topological polar surface area (TPSA) is 112 Å². The molecule has 4 heterocycles. The van der Waals surface area contributed by atoms with Crippen LogP contribution in [0.3, 0.4) is 0 Å². The highest BCUT2D eigenvalue weighted by atomic mass is 19.4. The first kappa shape index (κ1) is 34.4. The van der Waals surface area contributed by atoms with Gasteiger partial charge in [-0.25, -0.2) is 0 Å². The summed E-state index contributed by atoms with van der Waals surface area (Å²) in [6.45, 7) is 6.94. The number of benzene rings is 3. The maximum absolute atomic E-state index is 13.5. The average Bonchev–Trinajstić information content (AvgIpc) is 3.46. The molecule has 2 N–H and O–H groups in total. The van der Waals surface area contributed by atoms with Gasteiger partial charge in [0.05, 0.1) is 17.2 Å². The van der Waals surface area contributed by atoms with E-state index in [1.165, 1.54) is 11.6 Å². The Balaban J connectivity index is 0.844. The van der Waals surface area contributed by atoms with Crippen LogP contribution in [-0.4, -0.2) is 85.9 Å². The van der Waals surface area contributed by atoms with Crippen LogP contribution in [0, 0.1) is 11.3 Å². The third kappa shape index (κ3) is 7.37. The lowest BCUT2D eigenvalue weighted by molar-refractivity contribution is -0.138. The Morgan fingerprint density at radius 3 is 2.22 bits per heavy atom. The summed E-state index contributed by atoms with van der Waals surface area (Å²) in [5, 5.41) is 15.0. The number of piperazine rings is 1. The highest BCUT2D eigenvalue weighted by Gasteiger charge is 2.39. The van der Waals surface area contributed by atoms with Crippen LogP contribution in [0.4, 0.5) is 30.2 Å². The Hall–Kier alpha value is -5.09. The molecular formula is C38H40F3N7O3. The number of rotatable bonds is 8. The number of amides is 3. The van der Waals surface area contributed by atoms with Gasteiger partial charge in [-0.3, -0.25) is 24.6 Å². The quantitative estimate of drug-likeness (QED) is 0.318. The van der Waals surface area contributed by atoms with Crippen molar-refractivity contribution in [3.8, 4) is 6.07 Å². The summed E-state index contributed by atoms with van der Waals surface area (Å²) in [6.07, 6.45) is -2.30. The van der Waals surface area contributed by atoms with Gasteiger partial charge in [-0.15, -0.1) is 0 Å². The number of imide groups is 1. The van der Waals surface area contributed by atoms with E-state index < -0.39 is 23.7 Å². The van der Waals surface area contributed by atoms with Crippen molar-refractivity contribution < 1.29 is 27.6 Å². The van der Waals surface area contributed by atoms with E-state index in [9.17, 15) is 27.6 Å². The Morgan fingerprint density at radius 1 is 0.843 bits per heavy atom. The lowest BCUT2D eigenvalue weighted by Crippen LogP contribution is -2.52. The number of nitriles is 1. The first-order valence-electron chi connectivity index (χ1n) is 17.5. The number of carbonyl (C=O) groups is 3. The molecule has 3 saturated heterocycles. The number of nitrogens with zero attached hydrogens (tertiary/aromatic N) is 5. The van der Waals surface area contributed by atoms with Crippen molar-refractivity contribution in [2.24, 2.45) is 0 Å². The van der Waals surface area contributed by atoms with Gasteiger partial charge in [0.25, 0.3) is 5.91 Å². The SMILES string of the molecule is N#Cc1ccc(N2CCC(c3ccc(NCCN4CCN(c5ccc6c(c5)CN(C5CCC(=O)NC5=O)C6=O)CC4)cc3)CC2)cc1C(F)(F)F. The number of hydrogen-bond donors (Lipinski definition) is 2. The van der Waals surface area contributed by atoms with Gasteiger partial charge in [-0.1, -0.05) is 12.1 Å². The number of hydrogen-bond acceptors (Lipinski definition) is 8. The molecule has 0 aliphatic carbocycles. The summed E-state index contributed by atoms with van der Waals surface area (Å²) >= 11 is 0. The minimum atomic E-state index is -4.56. The van der Waals surface area contributed by atoms with Crippen molar-refractivity contribution in [3.05, 3.63) is 88.5 Å². The van der Waals surface area contributed by atoms with Gasteiger partial charge >= 0.3 is 6.18 Å². The molecule has 51 heavy (non-hydrogen) atoms. The number of halogens is 3. The molecule has 3 amide bonds. The molecular weight excluding hydrogens is 659 g/mol. The monoisotopic (exact) mass is 699 g/mol. The lowest BCUT2D eigenvalue weighted by Gasteiger charge is -2.36. The predicted molar refractivity (Wildman–Crippen MR) is 186 cm³/mol. The van der Waals surface area contributed by atoms with Crippen LogP contribution >= 0.6 is 0 Å². The average molecular weight is 700 g/mol. The molecule has 266 valence electrons. The zero-order valence-electron chi connectivity index (χ0n) is 28.2. The maximum atomic E-state index is 13.5. The van der Waals surface area contributed by atoms with E-state index in [1.807, 2.05) is 17.0 Å². The first-order chi connectivity index (χ1) is 24.6. The zero-order valence-corrected chi connectivity index (χ0v) is 28.2. The van der Waals surface area contributed by atoms with Crippen molar-refractivity contribution in [2.45, 2.75) is 50.4 Å². The summed E-state index contributed by atoms with van der Waals surface area (Å²) in [7, 11) is 0. The minimum absolute atomic E-state index is 0.159. The fraction of sp³-hybridized carbons (Fsp3) is 0.421. The van der Waals surface area contributed by atoms with E-state index in [4.69, 9.17) is 5.26 Å². The van der Waals surface area contributed by atoms with Gasteiger partial charge in [0, 0.05) is 87.9 Å². The summed E-state index contributed by atoms with van der Waals surface area (Å²) in [5.41, 5.74) is 4.15. The number of anilines is 3. The van der Waals surface area contributed by atoms with Crippen LogP contribution in [0.2, 0.25) is 0 Å². The van der Waals surface area contributed by atoms with Crippen LogP contribution in [0.15, 0.2) is 60.7 Å². The van der Waals surface area contributed by atoms with E-state index >= 15 is 0 Å². The molecule has 4 aliphatic rings. The summed E-state index contributed by atoms with van der Waals surface area (Å²) in [4.78, 5) is 45.3. The summed E-state index contributed by atoms with van der Waals surface area (Å²) < 4.78 is 40.4. The fourth-order valence-corrected chi connectivity index (χ4v) is 7.75. The van der Waals surface area contributed by atoms with Crippen LogP contribution in [0.25, 0.3) is 0 Å². The number of carbonyl (C=O) groups excluding carboxylic acids is 3. The van der Waals surface area contributed by atoms with Gasteiger partial charge in [0.1, 0.15) is 6.04 Å². The molecule has 1 unspecified atom stereocenters. The Bertz CT molecular complexity index is 1840. The smallest absolute Gasteiger partial charge is 0.384 e. The van der Waals surface area contributed by atoms with E-state index in [-0.39, 0.29) is 23.8 Å². The molecule has 1 atom stereocenters. The van der Waals surface area contributed by atoms with E-state index in [0.717, 1.165) is 75.1 Å². The van der Waals surface area contributed by atoms with E-state index in [0.29, 0.717) is 43.2 Å². The largest absolute Gasteiger partial charge is 0.417 e. The summed E-state index contributed by atoms with van der Waals surface area (Å²) in [6, 6.07) is 19.4. The van der Waals surface area contributed by atoms with Crippen molar-refractivity contribution >= 4 is 34.8 Å². The maximum Gasteiger partial charge on any atom is 0.417 e. The van der Waals surface area contributed by atoms with Crippen molar-refractivity contribution in [1.29, 1.82) is 5.26 Å². The van der Waals surface area contributed by atoms with Crippen LogP contribution in [-0.2, 0) is 22.3 Å². The van der Waals surface area contributed by atoms with Crippen LogP contribution in [0.5, 0.6) is 0 Å². The second-order valence-corrected chi connectivity index (χ2v) is 13.7. The lowest BCUT2D eigenvalue weighted by atomic mass is 9.89. The molecule has 3 fully saturated rings. The molecule has 4 aliphatic heterocycles. The van der Waals surface area contributed by atoms with Crippen molar-refractivity contribution in [2.75, 3.05) is 67.5 Å². The van der Waals surface area contributed by atoms with Crippen molar-refractivity contribution in [1.82, 2.24) is 15.1 Å². The Kier molecular flexibility index (Phi) is 9.61. The van der Waals surface area contributed by atoms with Gasteiger partial charge in [-0.05, 0) is 84.8 Å². The minimum Gasteiger partial charge on any atom is -0.384 e. The third-order valence-electron chi connectivity index (χ3n) is 10.7. The first-order valence-corrected chi connectivity index (χ1v) is 17.5. The van der Waals surface area contributed by atoms with Crippen LogP contribution < -0.4 is 20.4 Å². The van der Waals surface area contributed by atoms with Gasteiger partial charge in [0.2, 0.25) is 11.8 Å². The van der Waals surface area contributed by atoms with Gasteiger partial charge < -0.3 is 20.0 Å². The highest BCUT2D eigenvalue weighted by Crippen LogP contribution is 2.37. The van der Waals surface area contributed by atoms with Gasteiger partial charge in [0.15, 0.2) is 0 Å². The molecule has 0 bridgehead atoms. The zero-order chi connectivity index (χ0) is 35.7. The number of alkyl halides is 3. The van der Waals surface area contributed by atoms with E-state index in [1.54, 1.807) is 17.0 Å². The number of piperidine rings is 2. The highest BCUT2D eigenvalue weighted by molar-refractivity contribution is 6.05. The standard InChI is InChI=1S/C38H40F3N7O3/c39-38(40,41)33-22-31(6-3-27(33)23-42)46-14-11-26(12-15-46)25-1-4-29(5-2-25)43-13-16-45-17-19-47(20-18-45)30-7-8-32-28(21-30)24-48(37(32)51)34-9-10-35(49)44-36(34)50/h1-8,21-22,26,34,43H,9-20,24H2,(H,44,49,50). The van der Waals surface area contributed by atoms with Gasteiger partial charge in [-0.2, -0.15) is 18.4 Å². The Morgan fingerprint density at radius 2 is 1.53 bits per heavy atom. The van der Waals surface area contributed by atoms with Crippen LogP contribution in [0.1, 0.15) is 64.2 Å².